The van der Waals surface area contributed by atoms with Gasteiger partial charge in [-0.05, 0) is 36.4 Å². The van der Waals surface area contributed by atoms with Crippen molar-refractivity contribution in [2.24, 2.45) is 0 Å². The van der Waals surface area contributed by atoms with Crippen LogP contribution in [-0.4, -0.2) is 9.97 Å². The normalized spacial score (nSPS) is 10.4. The second-order valence-corrected chi connectivity index (χ2v) is 4.65. The van der Waals surface area contributed by atoms with Crippen LogP contribution in [0.15, 0.2) is 34.3 Å². The van der Waals surface area contributed by atoms with Gasteiger partial charge in [0.05, 0.1) is 0 Å². The smallest absolute Gasteiger partial charge is 0.196 e. The van der Waals surface area contributed by atoms with Crippen molar-refractivity contribution in [3.63, 3.8) is 0 Å². The second-order valence-electron chi connectivity index (χ2n) is 3.64. The summed E-state index contributed by atoms with van der Waals surface area (Å²) in [5.74, 6) is 0.706. The average Bonchev–Trinajstić information content (AvgIpc) is 2.22. The summed E-state index contributed by atoms with van der Waals surface area (Å²) in [6.45, 7) is 2.00. The fraction of sp³-hybridized carbons (Fsp3) is 0.0909. The van der Waals surface area contributed by atoms with Crippen LogP contribution >= 0.6 is 11.8 Å². The molecule has 2 rings (SSSR count). The first-order chi connectivity index (χ1) is 8.04. The minimum atomic E-state index is 0.353. The maximum absolute atomic E-state index is 5.87. The van der Waals surface area contributed by atoms with Gasteiger partial charge in [-0.15, -0.1) is 0 Å². The van der Waals surface area contributed by atoms with Crippen molar-refractivity contribution >= 4 is 29.1 Å². The standard InChI is InChI=1S/C11H13N5S/c1-6-2-3-7(12)8(4-6)17-11-15-9(13)5-10(14)16-11/h2-5H,12H2,1H3,(H4,13,14,15,16). The summed E-state index contributed by atoms with van der Waals surface area (Å²) in [7, 11) is 0. The number of anilines is 3. The van der Waals surface area contributed by atoms with E-state index in [1.165, 1.54) is 17.8 Å². The van der Waals surface area contributed by atoms with Crippen LogP contribution in [0.5, 0.6) is 0 Å². The molecule has 0 amide bonds. The van der Waals surface area contributed by atoms with Crippen molar-refractivity contribution in [2.75, 3.05) is 17.2 Å². The Bertz CT molecular complexity index is 535. The van der Waals surface area contributed by atoms with Crippen LogP contribution in [0.2, 0.25) is 0 Å². The first-order valence-electron chi connectivity index (χ1n) is 4.98. The van der Waals surface area contributed by atoms with E-state index < -0.39 is 0 Å². The highest BCUT2D eigenvalue weighted by Gasteiger charge is 2.06. The van der Waals surface area contributed by atoms with Crippen LogP contribution in [0.1, 0.15) is 5.56 Å². The summed E-state index contributed by atoms with van der Waals surface area (Å²) in [6, 6.07) is 7.30. The maximum Gasteiger partial charge on any atom is 0.196 e. The Morgan fingerprint density at radius 1 is 1.00 bits per heavy atom. The molecule has 0 aliphatic rings. The molecule has 2 aromatic rings. The molecule has 0 fully saturated rings. The third-order valence-corrected chi connectivity index (χ3v) is 3.05. The van der Waals surface area contributed by atoms with E-state index in [0.29, 0.717) is 22.5 Å². The van der Waals surface area contributed by atoms with Crippen molar-refractivity contribution in [2.45, 2.75) is 17.0 Å². The topological polar surface area (TPSA) is 104 Å². The lowest BCUT2D eigenvalue weighted by molar-refractivity contribution is 0.984. The van der Waals surface area contributed by atoms with E-state index in [4.69, 9.17) is 17.2 Å². The van der Waals surface area contributed by atoms with E-state index in [2.05, 4.69) is 9.97 Å². The van der Waals surface area contributed by atoms with Gasteiger partial charge in [0.25, 0.3) is 0 Å². The molecule has 0 aliphatic carbocycles. The zero-order chi connectivity index (χ0) is 12.4. The molecule has 0 atom stereocenters. The van der Waals surface area contributed by atoms with Crippen molar-refractivity contribution < 1.29 is 0 Å². The molecule has 5 nitrogen and oxygen atoms in total. The predicted molar refractivity (Wildman–Crippen MR) is 70.6 cm³/mol. The summed E-state index contributed by atoms with van der Waals surface area (Å²) < 4.78 is 0. The van der Waals surface area contributed by atoms with Crippen LogP contribution in [0.25, 0.3) is 0 Å². The van der Waals surface area contributed by atoms with Gasteiger partial charge in [0.15, 0.2) is 5.16 Å². The molecule has 0 saturated heterocycles. The molecule has 0 aliphatic heterocycles. The Balaban J connectivity index is 2.34. The largest absolute Gasteiger partial charge is 0.398 e. The van der Waals surface area contributed by atoms with E-state index in [-0.39, 0.29) is 0 Å². The van der Waals surface area contributed by atoms with Crippen LogP contribution in [-0.2, 0) is 0 Å². The van der Waals surface area contributed by atoms with Gasteiger partial charge in [0.1, 0.15) is 11.6 Å². The number of rotatable bonds is 2. The number of nitrogens with two attached hydrogens (primary N) is 3. The molecule has 1 aromatic heterocycles. The quantitative estimate of drug-likeness (QED) is 0.551. The van der Waals surface area contributed by atoms with Gasteiger partial charge in [0, 0.05) is 16.6 Å². The summed E-state index contributed by atoms with van der Waals surface area (Å²) in [5.41, 5.74) is 18.9. The Labute approximate surface area is 103 Å². The highest BCUT2D eigenvalue weighted by molar-refractivity contribution is 7.99. The molecule has 6 heteroatoms. The Hall–Kier alpha value is -1.95. The number of hydrogen-bond donors (Lipinski definition) is 3. The molecule has 0 spiro atoms. The van der Waals surface area contributed by atoms with E-state index in [9.17, 15) is 0 Å². The average molecular weight is 247 g/mol. The van der Waals surface area contributed by atoms with E-state index >= 15 is 0 Å². The fourth-order valence-corrected chi connectivity index (χ4v) is 2.27. The van der Waals surface area contributed by atoms with E-state index in [1.807, 2.05) is 25.1 Å². The summed E-state index contributed by atoms with van der Waals surface area (Å²) in [4.78, 5) is 9.09. The minimum absolute atomic E-state index is 0.353. The summed E-state index contributed by atoms with van der Waals surface area (Å²) in [6.07, 6.45) is 0. The Morgan fingerprint density at radius 2 is 1.65 bits per heavy atom. The zero-order valence-electron chi connectivity index (χ0n) is 9.34. The molecular weight excluding hydrogens is 234 g/mol. The van der Waals surface area contributed by atoms with Gasteiger partial charge in [-0.2, -0.15) is 0 Å². The molecule has 0 radical (unpaired) electrons. The van der Waals surface area contributed by atoms with Gasteiger partial charge in [0.2, 0.25) is 0 Å². The van der Waals surface area contributed by atoms with Gasteiger partial charge in [-0.3, -0.25) is 0 Å². The summed E-state index contributed by atoms with van der Waals surface area (Å²) >= 11 is 1.35. The SMILES string of the molecule is Cc1ccc(N)c(Sc2nc(N)cc(N)n2)c1. The van der Waals surface area contributed by atoms with Crippen LogP contribution in [0.3, 0.4) is 0 Å². The zero-order valence-corrected chi connectivity index (χ0v) is 10.2. The van der Waals surface area contributed by atoms with E-state index in [1.54, 1.807) is 0 Å². The van der Waals surface area contributed by atoms with E-state index in [0.717, 1.165) is 10.5 Å². The van der Waals surface area contributed by atoms with Gasteiger partial charge in [-0.1, -0.05) is 6.07 Å². The number of nitrogens with zero attached hydrogens (tertiary/aromatic N) is 2. The summed E-state index contributed by atoms with van der Waals surface area (Å²) in [5, 5.41) is 0.500. The molecular formula is C11H13N5S. The molecule has 0 bridgehead atoms. The highest BCUT2D eigenvalue weighted by atomic mass is 32.2. The first-order valence-corrected chi connectivity index (χ1v) is 5.80. The number of nitrogen functional groups attached to an aromatic ring is 3. The molecule has 1 aromatic carbocycles. The number of benzene rings is 1. The minimum Gasteiger partial charge on any atom is -0.398 e. The Morgan fingerprint density at radius 3 is 2.29 bits per heavy atom. The fourth-order valence-electron chi connectivity index (χ4n) is 1.34. The number of hydrogen-bond acceptors (Lipinski definition) is 6. The van der Waals surface area contributed by atoms with Crippen LogP contribution < -0.4 is 17.2 Å². The van der Waals surface area contributed by atoms with Crippen molar-refractivity contribution in [1.82, 2.24) is 9.97 Å². The predicted octanol–water partition coefficient (Wildman–Crippen LogP) is 1.68. The number of aromatic nitrogens is 2. The lowest BCUT2D eigenvalue weighted by Gasteiger charge is -2.06. The molecule has 88 valence electrons. The third kappa shape index (κ3) is 2.79. The van der Waals surface area contributed by atoms with Crippen molar-refractivity contribution in [3.8, 4) is 0 Å². The molecule has 17 heavy (non-hydrogen) atoms. The van der Waals surface area contributed by atoms with Gasteiger partial charge >= 0.3 is 0 Å². The second kappa shape index (κ2) is 4.50. The lowest BCUT2D eigenvalue weighted by Crippen LogP contribution is -1.99. The molecule has 1 heterocycles. The monoisotopic (exact) mass is 247 g/mol. The lowest BCUT2D eigenvalue weighted by atomic mass is 10.2. The van der Waals surface area contributed by atoms with Crippen LogP contribution in [0.4, 0.5) is 17.3 Å². The van der Waals surface area contributed by atoms with Gasteiger partial charge in [-0.25, -0.2) is 9.97 Å². The third-order valence-electron chi connectivity index (χ3n) is 2.12. The maximum atomic E-state index is 5.87. The first kappa shape index (κ1) is 11.5. The van der Waals surface area contributed by atoms with Gasteiger partial charge < -0.3 is 17.2 Å². The highest BCUT2D eigenvalue weighted by Crippen LogP contribution is 2.31. The van der Waals surface area contributed by atoms with Crippen molar-refractivity contribution in [3.05, 3.63) is 29.8 Å². The number of aryl methyl sites for hydroxylation is 1. The molecule has 6 N–H and O–H groups in total. The van der Waals surface area contributed by atoms with Crippen LogP contribution in [0, 0.1) is 6.92 Å². The molecule has 0 unspecified atom stereocenters. The molecule has 0 saturated carbocycles. The Kier molecular flexibility index (Phi) is 3.06. The van der Waals surface area contributed by atoms with Crippen molar-refractivity contribution in [1.29, 1.82) is 0 Å².